The van der Waals surface area contributed by atoms with Crippen LogP contribution in [0, 0.1) is 0 Å². The van der Waals surface area contributed by atoms with E-state index in [4.69, 9.17) is 4.74 Å². The summed E-state index contributed by atoms with van der Waals surface area (Å²) in [5.74, 6) is 0. The average molecular weight is 284 g/mol. The van der Waals surface area contributed by atoms with Crippen LogP contribution in [-0.4, -0.2) is 80.9 Å². The van der Waals surface area contributed by atoms with Crippen molar-refractivity contribution in [3.8, 4) is 0 Å². The maximum Gasteiger partial charge on any atom is 0.314 e. The quantitative estimate of drug-likeness (QED) is 0.726. The predicted octanol–water partition coefficient (Wildman–Crippen LogP) is 0.102. The number of nitrogens with one attached hydrogen (secondary N) is 2. The predicted molar refractivity (Wildman–Crippen MR) is 78.9 cm³/mol. The molecule has 0 unspecified atom stereocenters. The van der Waals surface area contributed by atoms with Crippen LogP contribution < -0.4 is 10.6 Å². The van der Waals surface area contributed by atoms with Crippen molar-refractivity contribution in [2.24, 2.45) is 0 Å². The summed E-state index contributed by atoms with van der Waals surface area (Å²) in [5.41, 5.74) is 0. The summed E-state index contributed by atoms with van der Waals surface area (Å²) in [6.45, 7) is 10.3. The van der Waals surface area contributed by atoms with Gasteiger partial charge >= 0.3 is 6.03 Å². The number of amides is 2. The fourth-order valence-electron chi connectivity index (χ4n) is 2.97. The van der Waals surface area contributed by atoms with Gasteiger partial charge in [0, 0.05) is 38.8 Å². The van der Waals surface area contributed by atoms with Crippen molar-refractivity contribution in [3.05, 3.63) is 0 Å². The third kappa shape index (κ3) is 4.92. The molecule has 0 radical (unpaired) electrons. The minimum absolute atomic E-state index is 0.0405. The maximum absolute atomic E-state index is 11.8. The standard InChI is InChI=1S/C14H28N4O2/c1-2-18-6-3-4-13(18)12-16-14(19)15-5-7-17-8-10-20-11-9-17/h13H,2-12H2,1H3,(H2,15,16,19)/t13-/m1/s1. The zero-order chi connectivity index (χ0) is 14.2. The van der Waals surface area contributed by atoms with Crippen LogP contribution in [0.15, 0.2) is 0 Å². The van der Waals surface area contributed by atoms with Crippen molar-refractivity contribution >= 4 is 6.03 Å². The number of urea groups is 1. The van der Waals surface area contributed by atoms with E-state index in [1.165, 1.54) is 19.4 Å². The van der Waals surface area contributed by atoms with E-state index in [0.717, 1.165) is 45.9 Å². The van der Waals surface area contributed by atoms with Crippen molar-refractivity contribution < 1.29 is 9.53 Å². The second-order valence-electron chi connectivity index (χ2n) is 5.52. The monoisotopic (exact) mass is 284 g/mol. The summed E-state index contributed by atoms with van der Waals surface area (Å²) in [6.07, 6.45) is 2.45. The van der Waals surface area contributed by atoms with E-state index in [-0.39, 0.29) is 6.03 Å². The van der Waals surface area contributed by atoms with Crippen molar-refractivity contribution in [1.82, 2.24) is 20.4 Å². The highest BCUT2D eigenvalue weighted by atomic mass is 16.5. The summed E-state index contributed by atoms with van der Waals surface area (Å²) in [4.78, 5) is 16.5. The minimum atomic E-state index is -0.0405. The summed E-state index contributed by atoms with van der Waals surface area (Å²) in [5, 5.41) is 5.93. The Morgan fingerprint density at radius 2 is 2.05 bits per heavy atom. The second-order valence-corrected chi connectivity index (χ2v) is 5.52. The van der Waals surface area contributed by atoms with Crippen LogP contribution in [0.1, 0.15) is 19.8 Å². The number of rotatable bonds is 6. The van der Waals surface area contributed by atoms with E-state index < -0.39 is 0 Å². The topological polar surface area (TPSA) is 56.8 Å². The largest absolute Gasteiger partial charge is 0.379 e. The molecule has 1 atom stereocenters. The lowest BCUT2D eigenvalue weighted by Crippen LogP contribution is -2.46. The molecular formula is C14H28N4O2. The van der Waals surface area contributed by atoms with Gasteiger partial charge in [0.25, 0.3) is 0 Å². The van der Waals surface area contributed by atoms with Crippen LogP contribution in [0.4, 0.5) is 4.79 Å². The first kappa shape index (κ1) is 15.5. The molecule has 2 fully saturated rings. The summed E-state index contributed by atoms with van der Waals surface area (Å²) >= 11 is 0. The number of likely N-dealkylation sites (tertiary alicyclic amines) is 1. The third-order valence-corrected chi connectivity index (χ3v) is 4.22. The van der Waals surface area contributed by atoms with Gasteiger partial charge in [-0.2, -0.15) is 0 Å². The van der Waals surface area contributed by atoms with E-state index in [1.54, 1.807) is 0 Å². The van der Waals surface area contributed by atoms with Gasteiger partial charge in [0.2, 0.25) is 0 Å². The number of morpholine rings is 1. The molecule has 2 amide bonds. The molecule has 2 rings (SSSR count). The van der Waals surface area contributed by atoms with Gasteiger partial charge in [-0.05, 0) is 25.9 Å². The molecule has 0 aromatic carbocycles. The Bertz CT molecular complexity index is 295. The van der Waals surface area contributed by atoms with E-state index >= 15 is 0 Å². The Kier molecular flexibility index (Phi) is 6.56. The van der Waals surface area contributed by atoms with Crippen molar-refractivity contribution in [1.29, 1.82) is 0 Å². The first-order chi connectivity index (χ1) is 9.79. The van der Waals surface area contributed by atoms with Crippen molar-refractivity contribution in [2.75, 3.05) is 59.0 Å². The summed E-state index contributed by atoms with van der Waals surface area (Å²) in [6, 6.07) is 0.478. The molecule has 0 bridgehead atoms. The second kappa shape index (κ2) is 8.44. The smallest absolute Gasteiger partial charge is 0.314 e. The van der Waals surface area contributed by atoms with Crippen LogP contribution in [0.25, 0.3) is 0 Å². The van der Waals surface area contributed by atoms with Gasteiger partial charge in [-0.3, -0.25) is 9.80 Å². The number of likely N-dealkylation sites (N-methyl/N-ethyl adjacent to an activating group) is 1. The molecule has 0 saturated carbocycles. The van der Waals surface area contributed by atoms with Gasteiger partial charge in [-0.15, -0.1) is 0 Å². The fourth-order valence-corrected chi connectivity index (χ4v) is 2.97. The molecular weight excluding hydrogens is 256 g/mol. The van der Waals surface area contributed by atoms with E-state index in [1.807, 2.05) is 0 Å². The molecule has 2 N–H and O–H groups in total. The summed E-state index contributed by atoms with van der Waals surface area (Å²) in [7, 11) is 0. The van der Waals surface area contributed by atoms with E-state index in [0.29, 0.717) is 12.6 Å². The Morgan fingerprint density at radius 1 is 1.25 bits per heavy atom. The number of hydrogen-bond acceptors (Lipinski definition) is 4. The SMILES string of the molecule is CCN1CCC[C@@H]1CNC(=O)NCCN1CCOCC1. The fraction of sp³-hybridized carbons (Fsp3) is 0.929. The Balaban J connectivity index is 1.53. The number of carbonyl (C=O) groups is 1. The van der Waals surface area contributed by atoms with Crippen LogP contribution in [0.3, 0.4) is 0 Å². The van der Waals surface area contributed by atoms with Gasteiger partial charge in [-0.1, -0.05) is 6.92 Å². The average Bonchev–Trinajstić information content (AvgIpc) is 2.94. The van der Waals surface area contributed by atoms with Crippen LogP contribution in [-0.2, 0) is 4.74 Å². The van der Waals surface area contributed by atoms with Gasteiger partial charge in [-0.25, -0.2) is 4.79 Å². The number of carbonyl (C=O) groups excluding carboxylic acids is 1. The van der Waals surface area contributed by atoms with Crippen LogP contribution in [0.2, 0.25) is 0 Å². The van der Waals surface area contributed by atoms with Gasteiger partial charge in [0.05, 0.1) is 13.2 Å². The number of hydrogen-bond donors (Lipinski definition) is 2. The molecule has 0 aliphatic carbocycles. The first-order valence-electron chi connectivity index (χ1n) is 7.85. The Morgan fingerprint density at radius 3 is 2.80 bits per heavy atom. The first-order valence-corrected chi connectivity index (χ1v) is 7.85. The normalized spacial score (nSPS) is 24.8. The van der Waals surface area contributed by atoms with Crippen LogP contribution in [0.5, 0.6) is 0 Å². The number of ether oxygens (including phenoxy) is 1. The lowest BCUT2D eigenvalue weighted by Gasteiger charge is -2.26. The van der Waals surface area contributed by atoms with E-state index in [9.17, 15) is 4.79 Å². The Labute approximate surface area is 121 Å². The van der Waals surface area contributed by atoms with E-state index in [2.05, 4.69) is 27.4 Å². The lowest BCUT2D eigenvalue weighted by molar-refractivity contribution is 0.0387. The summed E-state index contributed by atoms with van der Waals surface area (Å²) < 4.78 is 5.30. The van der Waals surface area contributed by atoms with Crippen molar-refractivity contribution in [3.63, 3.8) is 0 Å². The molecule has 2 aliphatic rings. The van der Waals surface area contributed by atoms with Crippen LogP contribution >= 0.6 is 0 Å². The molecule has 2 saturated heterocycles. The molecule has 0 spiro atoms. The van der Waals surface area contributed by atoms with Gasteiger partial charge in [0.15, 0.2) is 0 Å². The van der Waals surface area contributed by atoms with Crippen molar-refractivity contribution in [2.45, 2.75) is 25.8 Å². The molecule has 6 nitrogen and oxygen atoms in total. The number of nitrogens with zero attached hydrogens (tertiary/aromatic N) is 2. The molecule has 2 aliphatic heterocycles. The Hall–Kier alpha value is -0.850. The highest BCUT2D eigenvalue weighted by molar-refractivity contribution is 5.73. The van der Waals surface area contributed by atoms with Gasteiger partial charge in [0.1, 0.15) is 0 Å². The lowest BCUT2D eigenvalue weighted by atomic mass is 10.2. The highest BCUT2D eigenvalue weighted by Gasteiger charge is 2.22. The molecule has 116 valence electrons. The molecule has 0 aromatic rings. The molecule has 6 heteroatoms. The zero-order valence-electron chi connectivity index (χ0n) is 12.6. The van der Waals surface area contributed by atoms with Gasteiger partial charge < -0.3 is 15.4 Å². The third-order valence-electron chi connectivity index (χ3n) is 4.22. The molecule has 20 heavy (non-hydrogen) atoms. The molecule has 2 heterocycles. The molecule has 0 aromatic heterocycles. The minimum Gasteiger partial charge on any atom is -0.379 e. The highest BCUT2D eigenvalue weighted by Crippen LogP contribution is 2.15. The zero-order valence-corrected chi connectivity index (χ0v) is 12.6. The maximum atomic E-state index is 11.8.